The summed E-state index contributed by atoms with van der Waals surface area (Å²) in [4.78, 5) is 15.7. The molecule has 1 aromatic carbocycles. The van der Waals surface area contributed by atoms with Gasteiger partial charge in [0.05, 0.1) is 32.1 Å². The number of pyridine rings is 1. The maximum absolute atomic E-state index is 5.94. The van der Waals surface area contributed by atoms with E-state index in [0.717, 1.165) is 46.8 Å². The summed E-state index contributed by atoms with van der Waals surface area (Å²) in [5.41, 5.74) is 5.86. The molecule has 0 aliphatic carbocycles. The van der Waals surface area contributed by atoms with Crippen LogP contribution in [0.3, 0.4) is 0 Å². The molecule has 1 aliphatic rings. The topological polar surface area (TPSA) is 84.4 Å². The molecule has 6 bridgehead atoms. The van der Waals surface area contributed by atoms with E-state index in [0.29, 0.717) is 32.4 Å². The molecule has 1 aliphatic heterocycles. The van der Waals surface area contributed by atoms with Gasteiger partial charge in [-0.15, -0.1) is 0 Å². The van der Waals surface area contributed by atoms with Crippen molar-refractivity contribution in [3.8, 4) is 11.3 Å². The molecule has 3 heterocycles. The van der Waals surface area contributed by atoms with Crippen LogP contribution in [0.1, 0.15) is 11.1 Å². The van der Waals surface area contributed by atoms with Gasteiger partial charge in [-0.05, 0) is 42.9 Å². The molecule has 0 atom stereocenters. The Kier molecular flexibility index (Phi) is 7.97. The SMILES string of the molecule is CNCCN(C)c1ccc2cc1COCC=CCOCc1cncc(c1)-c1ccnc(n1)N2. The average molecular weight is 447 g/mol. The van der Waals surface area contributed by atoms with E-state index in [4.69, 9.17) is 14.5 Å². The first-order chi connectivity index (χ1) is 16.2. The minimum atomic E-state index is 0.481. The van der Waals surface area contributed by atoms with Crippen LogP contribution in [0.4, 0.5) is 17.3 Å². The summed E-state index contributed by atoms with van der Waals surface area (Å²) >= 11 is 0. The van der Waals surface area contributed by atoms with Crippen molar-refractivity contribution >= 4 is 17.3 Å². The molecule has 8 heteroatoms. The molecule has 0 amide bonds. The van der Waals surface area contributed by atoms with Crippen molar-refractivity contribution in [1.82, 2.24) is 20.3 Å². The maximum atomic E-state index is 5.94. The standard InChI is InChI=1S/C25H30N6O2/c1-26-9-10-31(2)24-6-5-22-14-21(24)18-33-12-4-3-11-32-17-19-13-20(16-27-15-19)23-7-8-28-25(29-22)30-23/h3-8,13-16,26H,9-12,17-18H2,1-2H3,(H,28,29,30). The van der Waals surface area contributed by atoms with Crippen LogP contribution >= 0.6 is 0 Å². The van der Waals surface area contributed by atoms with Crippen molar-refractivity contribution in [3.63, 3.8) is 0 Å². The number of aromatic nitrogens is 3. The number of hydrogen-bond donors (Lipinski definition) is 2. The first-order valence-corrected chi connectivity index (χ1v) is 11.1. The van der Waals surface area contributed by atoms with E-state index in [2.05, 4.69) is 44.7 Å². The van der Waals surface area contributed by atoms with Gasteiger partial charge in [-0.25, -0.2) is 9.97 Å². The first-order valence-electron chi connectivity index (χ1n) is 11.1. The zero-order valence-corrected chi connectivity index (χ0v) is 19.1. The quantitative estimate of drug-likeness (QED) is 0.589. The van der Waals surface area contributed by atoms with Gasteiger partial charge in [0.1, 0.15) is 0 Å². The van der Waals surface area contributed by atoms with Gasteiger partial charge in [-0.2, -0.15) is 0 Å². The zero-order chi connectivity index (χ0) is 22.9. The summed E-state index contributed by atoms with van der Waals surface area (Å²) in [6, 6.07) is 10.2. The fourth-order valence-electron chi connectivity index (χ4n) is 3.58. The molecular weight excluding hydrogens is 416 g/mol. The largest absolute Gasteiger partial charge is 0.373 e. The molecule has 33 heavy (non-hydrogen) atoms. The monoisotopic (exact) mass is 446 g/mol. The van der Waals surface area contributed by atoms with Crippen molar-refractivity contribution in [2.45, 2.75) is 13.2 Å². The van der Waals surface area contributed by atoms with Crippen LogP contribution in [0.25, 0.3) is 11.3 Å². The number of fused-ring (bicyclic) bond motifs is 7. The molecular formula is C25H30N6O2. The highest BCUT2D eigenvalue weighted by atomic mass is 16.5. The van der Waals surface area contributed by atoms with Gasteiger partial charge in [-0.1, -0.05) is 12.2 Å². The fourth-order valence-corrected chi connectivity index (χ4v) is 3.58. The molecule has 2 aromatic heterocycles. The normalized spacial score (nSPS) is 14.1. The van der Waals surface area contributed by atoms with E-state index in [1.807, 2.05) is 43.6 Å². The summed E-state index contributed by atoms with van der Waals surface area (Å²) in [6.45, 7) is 3.81. The number of benzene rings is 1. The molecule has 0 radical (unpaired) electrons. The molecule has 4 rings (SSSR count). The van der Waals surface area contributed by atoms with Crippen molar-refractivity contribution in [3.05, 3.63) is 72.2 Å². The second-order valence-electron chi connectivity index (χ2n) is 7.84. The van der Waals surface area contributed by atoms with Crippen molar-refractivity contribution in [2.75, 3.05) is 50.6 Å². The molecule has 0 saturated heterocycles. The first kappa shape index (κ1) is 22.8. The predicted octanol–water partition coefficient (Wildman–Crippen LogP) is 3.54. The van der Waals surface area contributed by atoms with Crippen LogP contribution in [0.15, 0.2) is 61.1 Å². The van der Waals surface area contributed by atoms with Gasteiger partial charge in [0.25, 0.3) is 0 Å². The predicted molar refractivity (Wildman–Crippen MR) is 131 cm³/mol. The lowest BCUT2D eigenvalue weighted by Crippen LogP contribution is -2.27. The fraction of sp³-hybridized carbons (Fsp3) is 0.320. The lowest BCUT2D eigenvalue weighted by molar-refractivity contribution is 0.140. The molecule has 8 nitrogen and oxygen atoms in total. The van der Waals surface area contributed by atoms with E-state index in [1.165, 1.54) is 0 Å². The highest BCUT2D eigenvalue weighted by Crippen LogP contribution is 2.26. The van der Waals surface area contributed by atoms with Crippen LogP contribution < -0.4 is 15.5 Å². The van der Waals surface area contributed by atoms with Crippen LogP contribution in [0, 0.1) is 0 Å². The van der Waals surface area contributed by atoms with Gasteiger partial charge in [-0.3, -0.25) is 4.98 Å². The number of likely N-dealkylation sites (N-methyl/N-ethyl adjacent to an activating group) is 2. The number of nitrogens with zero attached hydrogens (tertiary/aromatic N) is 4. The molecule has 2 N–H and O–H groups in total. The molecule has 0 saturated carbocycles. The number of nitrogens with one attached hydrogen (secondary N) is 2. The van der Waals surface area contributed by atoms with Crippen LogP contribution in [-0.4, -0.2) is 55.4 Å². The number of hydrogen-bond acceptors (Lipinski definition) is 8. The summed E-state index contributed by atoms with van der Waals surface area (Å²) in [7, 11) is 4.05. The Morgan fingerprint density at radius 3 is 2.76 bits per heavy atom. The molecule has 0 unspecified atom stereocenters. The number of anilines is 3. The lowest BCUT2D eigenvalue weighted by Gasteiger charge is -2.23. The molecule has 172 valence electrons. The van der Waals surface area contributed by atoms with Gasteiger partial charge in [0, 0.05) is 61.2 Å². The Hall–Kier alpha value is -3.33. The molecule has 0 spiro atoms. The van der Waals surface area contributed by atoms with E-state index < -0.39 is 0 Å². The van der Waals surface area contributed by atoms with Crippen LogP contribution in [-0.2, 0) is 22.7 Å². The molecule has 3 aromatic rings. The highest BCUT2D eigenvalue weighted by molar-refractivity contribution is 5.65. The number of rotatable bonds is 4. The van der Waals surface area contributed by atoms with Crippen molar-refractivity contribution in [2.24, 2.45) is 0 Å². The third-order valence-electron chi connectivity index (χ3n) is 5.31. The minimum Gasteiger partial charge on any atom is -0.373 e. The second kappa shape index (κ2) is 11.5. The highest BCUT2D eigenvalue weighted by Gasteiger charge is 2.11. The number of ether oxygens (including phenoxy) is 2. The van der Waals surface area contributed by atoms with Gasteiger partial charge in [0.2, 0.25) is 5.95 Å². The minimum absolute atomic E-state index is 0.481. The Morgan fingerprint density at radius 1 is 1.06 bits per heavy atom. The Labute approximate surface area is 194 Å². The second-order valence-corrected chi connectivity index (χ2v) is 7.84. The average Bonchev–Trinajstić information content (AvgIpc) is 2.84. The zero-order valence-electron chi connectivity index (χ0n) is 19.1. The Balaban J connectivity index is 1.65. The third kappa shape index (κ3) is 6.35. The van der Waals surface area contributed by atoms with Crippen LogP contribution in [0.2, 0.25) is 0 Å². The molecule has 0 fully saturated rings. The summed E-state index contributed by atoms with van der Waals surface area (Å²) < 4.78 is 11.7. The Morgan fingerprint density at radius 2 is 1.91 bits per heavy atom. The lowest BCUT2D eigenvalue weighted by atomic mass is 10.1. The summed E-state index contributed by atoms with van der Waals surface area (Å²) in [5, 5.41) is 6.54. The van der Waals surface area contributed by atoms with E-state index in [-0.39, 0.29) is 0 Å². The smallest absolute Gasteiger partial charge is 0.227 e. The Bertz CT molecular complexity index is 1090. The van der Waals surface area contributed by atoms with Gasteiger partial charge >= 0.3 is 0 Å². The van der Waals surface area contributed by atoms with Crippen LogP contribution in [0.5, 0.6) is 0 Å². The van der Waals surface area contributed by atoms with E-state index in [1.54, 1.807) is 12.4 Å². The summed E-state index contributed by atoms with van der Waals surface area (Å²) in [5.74, 6) is 0.529. The van der Waals surface area contributed by atoms with E-state index in [9.17, 15) is 0 Å². The summed E-state index contributed by atoms with van der Waals surface area (Å²) in [6.07, 6.45) is 9.34. The van der Waals surface area contributed by atoms with Gasteiger partial charge in [0.15, 0.2) is 0 Å². The van der Waals surface area contributed by atoms with Crippen molar-refractivity contribution in [1.29, 1.82) is 0 Å². The third-order valence-corrected chi connectivity index (χ3v) is 5.31. The van der Waals surface area contributed by atoms with Crippen molar-refractivity contribution < 1.29 is 9.47 Å². The van der Waals surface area contributed by atoms with E-state index >= 15 is 0 Å². The van der Waals surface area contributed by atoms with Gasteiger partial charge < -0.3 is 25.0 Å². The maximum Gasteiger partial charge on any atom is 0.227 e.